The maximum atomic E-state index is 13.0. The zero-order valence-electron chi connectivity index (χ0n) is 18.5. The van der Waals surface area contributed by atoms with Gasteiger partial charge in [0.2, 0.25) is 5.91 Å². The maximum Gasteiger partial charge on any atom is 0.222 e. The van der Waals surface area contributed by atoms with Crippen molar-refractivity contribution >= 4 is 5.91 Å². The van der Waals surface area contributed by atoms with Crippen LogP contribution in [-0.2, 0) is 16.0 Å². The molecule has 0 aromatic heterocycles. The molecule has 0 spiro atoms. The van der Waals surface area contributed by atoms with Gasteiger partial charge >= 0.3 is 0 Å². The number of rotatable bonds is 13. The summed E-state index contributed by atoms with van der Waals surface area (Å²) in [5.74, 6) is 1.66. The molecule has 0 saturated carbocycles. The summed E-state index contributed by atoms with van der Waals surface area (Å²) < 4.78 is 16.1. The monoisotopic (exact) mass is 406 g/mol. The molecule has 0 atom stereocenters. The van der Waals surface area contributed by atoms with Crippen molar-refractivity contribution in [1.82, 2.24) is 9.80 Å². The predicted molar refractivity (Wildman–Crippen MR) is 116 cm³/mol. The molecule has 6 heteroatoms. The minimum Gasteiger partial charge on any atom is -0.493 e. The van der Waals surface area contributed by atoms with Gasteiger partial charge in [0.25, 0.3) is 0 Å². The summed E-state index contributed by atoms with van der Waals surface area (Å²) >= 11 is 0. The van der Waals surface area contributed by atoms with Crippen molar-refractivity contribution < 1.29 is 19.0 Å². The van der Waals surface area contributed by atoms with E-state index in [4.69, 9.17) is 14.2 Å². The molecule has 1 heterocycles. The fourth-order valence-electron chi connectivity index (χ4n) is 3.62. The van der Waals surface area contributed by atoms with Crippen LogP contribution >= 0.6 is 0 Å². The van der Waals surface area contributed by atoms with Crippen LogP contribution < -0.4 is 9.47 Å². The highest BCUT2D eigenvalue weighted by atomic mass is 16.5. The minimum absolute atomic E-state index is 0.240. The zero-order valence-corrected chi connectivity index (χ0v) is 18.5. The Labute approximate surface area is 176 Å². The minimum atomic E-state index is 0.240. The fourth-order valence-corrected chi connectivity index (χ4v) is 3.62. The zero-order chi connectivity index (χ0) is 20.9. The van der Waals surface area contributed by atoms with Crippen molar-refractivity contribution in [2.45, 2.75) is 45.4 Å². The SMILES string of the molecule is CCCCCCN(CCN1CCOCC1)C(=O)CCc1ccc(OC)c(OC)c1. The van der Waals surface area contributed by atoms with Crippen LogP contribution in [0.15, 0.2) is 18.2 Å². The van der Waals surface area contributed by atoms with E-state index in [-0.39, 0.29) is 5.91 Å². The van der Waals surface area contributed by atoms with Crippen LogP contribution in [-0.4, -0.2) is 75.9 Å². The normalized spacial score (nSPS) is 14.6. The lowest BCUT2D eigenvalue weighted by Gasteiger charge is -2.30. The standard InChI is InChI=1S/C23H38N2O4/c1-4-5-6-7-12-25(14-13-24-15-17-29-18-16-24)23(26)11-9-20-8-10-21(27-2)22(19-20)28-3/h8,10,19H,4-7,9,11-18H2,1-3H3. The van der Waals surface area contributed by atoms with E-state index in [0.29, 0.717) is 24.3 Å². The molecule has 0 radical (unpaired) electrons. The molecular weight excluding hydrogens is 368 g/mol. The molecular formula is C23H38N2O4. The number of carbonyl (C=O) groups excluding carboxylic acids is 1. The summed E-state index contributed by atoms with van der Waals surface area (Å²) in [6.07, 6.45) is 5.94. The Bertz CT molecular complexity index is 603. The van der Waals surface area contributed by atoms with E-state index >= 15 is 0 Å². The Hall–Kier alpha value is -1.79. The number of hydrogen-bond acceptors (Lipinski definition) is 5. The molecule has 1 aromatic rings. The van der Waals surface area contributed by atoms with Gasteiger partial charge in [-0.2, -0.15) is 0 Å². The summed E-state index contributed by atoms with van der Waals surface area (Å²) in [6, 6.07) is 5.87. The van der Waals surface area contributed by atoms with Crippen LogP contribution in [0, 0.1) is 0 Å². The average molecular weight is 407 g/mol. The summed E-state index contributed by atoms with van der Waals surface area (Å²) in [6.45, 7) is 8.32. The van der Waals surface area contributed by atoms with Gasteiger partial charge in [0.1, 0.15) is 0 Å². The van der Waals surface area contributed by atoms with Crippen molar-refractivity contribution in [2.24, 2.45) is 0 Å². The first-order valence-electron chi connectivity index (χ1n) is 11.0. The second-order valence-corrected chi connectivity index (χ2v) is 7.58. The van der Waals surface area contributed by atoms with Gasteiger partial charge in [-0.05, 0) is 30.5 Å². The molecule has 2 rings (SSSR count). The third-order valence-electron chi connectivity index (χ3n) is 5.50. The summed E-state index contributed by atoms with van der Waals surface area (Å²) in [4.78, 5) is 17.4. The maximum absolute atomic E-state index is 13.0. The molecule has 1 saturated heterocycles. The van der Waals surface area contributed by atoms with Gasteiger partial charge in [-0.1, -0.05) is 32.3 Å². The van der Waals surface area contributed by atoms with Crippen LogP contribution in [0.4, 0.5) is 0 Å². The quantitative estimate of drug-likeness (QED) is 0.470. The molecule has 1 aromatic carbocycles. The van der Waals surface area contributed by atoms with E-state index < -0.39 is 0 Å². The van der Waals surface area contributed by atoms with E-state index in [0.717, 1.165) is 57.9 Å². The molecule has 29 heavy (non-hydrogen) atoms. The van der Waals surface area contributed by atoms with Crippen LogP contribution in [0.5, 0.6) is 11.5 Å². The highest BCUT2D eigenvalue weighted by molar-refractivity contribution is 5.76. The van der Waals surface area contributed by atoms with E-state index in [1.54, 1.807) is 14.2 Å². The Morgan fingerprint density at radius 1 is 1.07 bits per heavy atom. The van der Waals surface area contributed by atoms with Gasteiger partial charge in [-0.25, -0.2) is 0 Å². The van der Waals surface area contributed by atoms with Crippen molar-refractivity contribution in [3.63, 3.8) is 0 Å². The third kappa shape index (κ3) is 8.23. The van der Waals surface area contributed by atoms with Gasteiger partial charge < -0.3 is 19.1 Å². The molecule has 1 aliphatic rings. The van der Waals surface area contributed by atoms with Crippen LogP contribution in [0.25, 0.3) is 0 Å². The molecule has 0 N–H and O–H groups in total. The summed E-state index contributed by atoms with van der Waals surface area (Å²) in [7, 11) is 3.27. The number of ether oxygens (including phenoxy) is 3. The first-order chi connectivity index (χ1) is 14.2. The number of benzene rings is 1. The Kier molecular flexibility index (Phi) is 10.9. The Morgan fingerprint density at radius 3 is 2.52 bits per heavy atom. The number of nitrogens with zero attached hydrogens (tertiary/aromatic N) is 2. The Balaban J connectivity index is 1.88. The lowest BCUT2D eigenvalue weighted by atomic mass is 10.1. The molecule has 164 valence electrons. The average Bonchev–Trinajstić information content (AvgIpc) is 2.77. The largest absolute Gasteiger partial charge is 0.493 e. The van der Waals surface area contributed by atoms with Crippen molar-refractivity contribution in [1.29, 1.82) is 0 Å². The molecule has 0 aliphatic carbocycles. The smallest absolute Gasteiger partial charge is 0.222 e. The molecule has 1 amide bonds. The third-order valence-corrected chi connectivity index (χ3v) is 5.50. The molecule has 6 nitrogen and oxygen atoms in total. The van der Waals surface area contributed by atoms with Gasteiger partial charge in [0.15, 0.2) is 11.5 Å². The second-order valence-electron chi connectivity index (χ2n) is 7.58. The van der Waals surface area contributed by atoms with Gasteiger partial charge in [0, 0.05) is 39.1 Å². The first kappa shape index (κ1) is 23.5. The van der Waals surface area contributed by atoms with Gasteiger partial charge in [-0.15, -0.1) is 0 Å². The lowest BCUT2D eigenvalue weighted by Crippen LogP contribution is -2.43. The van der Waals surface area contributed by atoms with E-state index in [1.807, 2.05) is 18.2 Å². The molecule has 1 fully saturated rings. The van der Waals surface area contributed by atoms with Crippen LogP contribution in [0.2, 0.25) is 0 Å². The summed E-state index contributed by atoms with van der Waals surface area (Å²) in [5.41, 5.74) is 1.09. The molecule has 0 bridgehead atoms. The van der Waals surface area contributed by atoms with E-state index in [1.165, 1.54) is 19.3 Å². The first-order valence-corrected chi connectivity index (χ1v) is 11.0. The van der Waals surface area contributed by atoms with Crippen molar-refractivity contribution in [2.75, 3.05) is 60.2 Å². The highest BCUT2D eigenvalue weighted by Gasteiger charge is 2.17. The number of unbranched alkanes of at least 4 members (excludes halogenated alkanes) is 3. The molecule has 1 aliphatic heterocycles. The number of aryl methyl sites for hydroxylation is 1. The number of hydrogen-bond donors (Lipinski definition) is 0. The van der Waals surface area contributed by atoms with Crippen molar-refractivity contribution in [3.05, 3.63) is 23.8 Å². The van der Waals surface area contributed by atoms with E-state index in [2.05, 4.69) is 16.7 Å². The number of methoxy groups -OCH3 is 2. The molecule has 0 unspecified atom stereocenters. The highest BCUT2D eigenvalue weighted by Crippen LogP contribution is 2.28. The predicted octanol–water partition coefficient (Wildman–Crippen LogP) is 3.38. The summed E-state index contributed by atoms with van der Waals surface area (Å²) in [5, 5.41) is 0. The topological polar surface area (TPSA) is 51.2 Å². The van der Waals surface area contributed by atoms with Crippen LogP contribution in [0.3, 0.4) is 0 Å². The van der Waals surface area contributed by atoms with Crippen molar-refractivity contribution in [3.8, 4) is 11.5 Å². The van der Waals surface area contributed by atoms with Gasteiger partial charge in [-0.3, -0.25) is 9.69 Å². The number of carbonyl (C=O) groups is 1. The van der Waals surface area contributed by atoms with Crippen LogP contribution in [0.1, 0.15) is 44.6 Å². The number of morpholine rings is 1. The fraction of sp³-hybridized carbons (Fsp3) is 0.696. The number of amides is 1. The lowest BCUT2D eigenvalue weighted by molar-refractivity contribution is -0.131. The second kappa shape index (κ2) is 13.4. The van der Waals surface area contributed by atoms with E-state index in [9.17, 15) is 4.79 Å². The Morgan fingerprint density at radius 2 is 1.83 bits per heavy atom. The van der Waals surface area contributed by atoms with Gasteiger partial charge in [0.05, 0.1) is 27.4 Å².